The molecule has 0 unspecified atom stereocenters. The smallest absolute Gasteiger partial charge is 0.0982 e. The van der Waals surface area contributed by atoms with Gasteiger partial charge < -0.3 is 5.73 Å². The van der Waals surface area contributed by atoms with Gasteiger partial charge in [0, 0.05) is 12.1 Å². The van der Waals surface area contributed by atoms with Gasteiger partial charge in [0.05, 0.1) is 15.2 Å². The van der Waals surface area contributed by atoms with Crippen molar-refractivity contribution in [1.29, 1.82) is 0 Å². The van der Waals surface area contributed by atoms with Crippen molar-refractivity contribution in [2.75, 3.05) is 5.73 Å². The molecule has 1 aromatic heterocycles. The van der Waals surface area contributed by atoms with E-state index in [1.807, 2.05) is 18.2 Å². The molecule has 0 aliphatic rings. The number of rotatable bonds is 2. The van der Waals surface area contributed by atoms with Crippen molar-refractivity contribution < 1.29 is 0 Å². The molecule has 0 saturated carbocycles. The van der Waals surface area contributed by atoms with Gasteiger partial charge in [0.15, 0.2) is 0 Å². The number of nitrogens with two attached hydrogens (primary N) is 1. The maximum absolute atomic E-state index is 5.84. The molecule has 0 fully saturated rings. The summed E-state index contributed by atoms with van der Waals surface area (Å²) in [6, 6.07) is 14.3. The molecule has 18 heavy (non-hydrogen) atoms. The predicted octanol–water partition coefficient (Wildman–Crippen LogP) is 3.78. The minimum atomic E-state index is 0.816. The molecule has 0 radical (unpaired) electrons. The second-order valence-electron chi connectivity index (χ2n) is 4.44. The van der Waals surface area contributed by atoms with Gasteiger partial charge >= 0.3 is 0 Å². The third-order valence-electron chi connectivity index (χ3n) is 3.05. The molecule has 3 aromatic rings. The van der Waals surface area contributed by atoms with Crippen LogP contribution in [0.5, 0.6) is 0 Å². The van der Waals surface area contributed by atoms with Gasteiger partial charge in [-0.1, -0.05) is 18.2 Å². The summed E-state index contributed by atoms with van der Waals surface area (Å²) in [5.74, 6) is 0. The first-order chi connectivity index (χ1) is 8.72. The van der Waals surface area contributed by atoms with E-state index >= 15 is 0 Å². The second-order valence-corrected chi connectivity index (χ2v) is 5.55. The summed E-state index contributed by atoms with van der Waals surface area (Å²) < 4.78 is 1.24. The molecule has 0 atom stereocenters. The fourth-order valence-electron chi connectivity index (χ4n) is 2.04. The zero-order valence-corrected chi connectivity index (χ0v) is 11.0. The Balaban J connectivity index is 1.98. The van der Waals surface area contributed by atoms with E-state index in [1.54, 1.807) is 11.3 Å². The summed E-state index contributed by atoms with van der Waals surface area (Å²) in [7, 11) is 0. The summed E-state index contributed by atoms with van der Waals surface area (Å²) in [4.78, 5) is 4.66. The minimum absolute atomic E-state index is 0.816. The molecule has 0 spiro atoms. The van der Waals surface area contributed by atoms with Crippen molar-refractivity contribution in [2.24, 2.45) is 0 Å². The number of nitrogen functional groups attached to an aromatic ring is 1. The number of fused-ring (bicyclic) bond motifs is 1. The maximum Gasteiger partial charge on any atom is 0.0982 e. The van der Waals surface area contributed by atoms with Crippen LogP contribution in [0.3, 0.4) is 0 Å². The van der Waals surface area contributed by atoms with Crippen LogP contribution in [0.4, 0.5) is 5.69 Å². The largest absolute Gasteiger partial charge is 0.399 e. The number of nitrogens with zero attached hydrogens (tertiary/aromatic N) is 1. The van der Waals surface area contributed by atoms with E-state index in [0.29, 0.717) is 0 Å². The summed E-state index contributed by atoms with van der Waals surface area (Å²) in [6.07, 6.45) is 0.857. The van der Waals surface area contributed by atoms with Crippen molar-refractivity contribution in [3.63, 3.8) is 0 Å². The fraction of sp³-hybridized carbons (Fsp3) is 0.133. The lowest BCUT2D eigenvalue weighted by atomic mass is 10.1. The number of thiazole rings is 1. The number of anilines is 1. The molecule has 0 bridgehead atoms. The maximum atomic E-state index is 5.84. The lowest BCUT2D eigenvalue weighted by molar-refractivity contribution is 1.13. The van der Waals surface area contributed by atoms with Crippen LogP contribution in [0.15, 0.2) is 42.5 Å². The Kier molecular flexibility index (Phi) is 2.76. The molecular formula is C15H14N2S. The first-order valence-electron chi connectivity index (χ1n) is 5.92. The topological polar surface area (TPSA) is 38.9 Å². The Morgan fingerprint density at radius 3 is 2.83 bits per heavy atom. The monoisotopic (exact) mass is 254 g/mol. The molecule has 1 heterocycles. The van der Waals surface area contributed by atoms with E-state index in [4.69, 9.17) is 5.73 Å². The van der Waals surface area contributed by atoms with Gasteiger partial charge in [0.2, 0.25) is 0 Å². The molecule has 0 amide bonds. The van der Waals surface area contributed by atoms with Crippen LogP contribution in [-0.2, 0) is 6.42 Å². The van der Waals surface area contributed by atoms with Crippen molar-refractivity contribution in [3.8, 4) is 0 Å². The lowest BCUT2D eigenvalue weighted by Gasteiger charge is -2.04. The Morgan fingerprint density at radius 2 is 2.00 bits per heavy atom. The average Bonchev–Trinajstić information content (AvgIpc) is 2.76. The van der Waals surface area contributed by atoms with Gasteiger partial charge in [0.1, 0.15) is 0 Å². The van der Waals surface area contributed by atoms with Crippen LogP contribution in [0.1, 0.15) is 16.1 Å². The molecule has 0 aliphatic carbocycles. The first-order valence-corrected chi connectivity index (χ1v) is 6.73. The Morgan fingerprint density at radius 1 is 1.17 bits per heavy atom. The van der Waals surface area contributed by atoms with E-state index in [-0.39, 0.29) is 0 Å². The summed E-state index contributed by atoms with van der Waals surface area (Å²) in [5.41, 5.74) is 10.3. The zero-order chi connectivity index (χ0) is 12.5. The molecular weight excluding hydrogens is 240 g/mol. The van der Waals surface area contributed by atoms with Crippen molar-refractivity contribution in [3.05, 3.63) is 58.6 Å². The van der Waals surface area contributed by atoms with Gasteiger partial charge in [-0.05, 0) is 42.3 Å². The van der Waals surface area contributed by atoms with Crippen LogP contribution >= 0.6 is 11.3 Å². The highest BCUT2D eigenvalue weighted by Crippen LogP contribution is 2.25. The third kappa shape index (κ3) is 2.09. The van der Waals surface area contributed by atoms with Crippen LogP contribution in [0, 0.1) is 6.92 Å². The third-order valence-corrected chi connectivity index (χ3v) is 4.09. The zero-order valence-electron chi connectivity index (χ0n) is 10.2. The first kappa shape index (κ1) is 11.2. The fourth-order valence-corrected chi connectivity index (χ4v) is 3.03. The SMILES string of the molecule is Cc1ccc(N)cc1Cc1nc2ccccc2s1. The summed E-state index contributed by atoms with van der Waals surface area (Å²) in [6.45, 7) is 2.11. The molecule has 90 valence electrons. The molecule has 2 N–H and O–H groups in total. The minimum Gasteiger partial charge on any atom is -0.399 e. The number of aromatic nitrogens is 1. The molecule has 0 saturated heterocycles. The standard InChI is InChI=1S/C15H14N2S/c1-10-6-7-12(16)8-11(10)9-15-17-13-4-2-3-5-14(13)18-15/h2-8H,9,16H2,1H3. The quantitative estimate of drug-likeness (QED) is 0.707. The second kappa shape index (κ2) is 4.42. The van der Waals surface area contributed by atoms with Gasteiger partial charge in [-0.25, -0.2) is 4.98 Å². The average molecular weight is 254 g/mol. The highest BCUT2D eigenvalue weighted by Gasteiger charge is 2.06. The van der Waals surface area contributed by atoms with E-state index in [9.17, 15) is 0 Å². The highest BCUT2D eigenvalue weighted by atomic mass is 32.1. The Bertz CT molecular complexity index is 668. The highest BCUT2D eigenvalue weighted by molar-refractivity contribution is 7.18. The van der Waals surface area contributed by atoms with Crippen molar-refractivity contribution in [2.45, 2.75) is 13.3 Å². The molecule has 3 heteroatoms. The normalized spacial score (nSPS) is 10.9. The van der Waals surface area contributed by atoms with Crippen LogP contribution in [0.25, 0.3) is 10.2 Å². The van der Waals surface area contributed by atoms with Gasteiger partial charge in [-0.15, -0.1) is 11.3 Å². The Labute approximate surface area is 110 Å². The van der Waals surface area contributed by atoms with Crippen LogP contribution in [0.2, 0.25) is 0 Å². The lowest BCUT2D eigenvalue weighted by Crippen LogP contribution is -1.94. The number of aryl methyl sites for hydroxylation is 1. The van der Waals surface area contributed by atoms with E-state index < -0.39 is 0 Å². The predicted molar refractivity (Wildman–Crippen MR) is 78.0 cm³/mol. The van der Waals surface area contributed by atoms with Crippen LogP contribution < -0.4 is 5.73 Å². The van der Waals surface area contributed by atoms with Crippen molar-refractivity contribution >= 4 is 27.2 Å². The van der Waals surface area contributed by atoms with Gasteiger partial charge in [0.25, 0.3) is 0 Å². The molecule has 3 rings (SSSR count). The van der Waals surface area contributed by atoms with Gasteiger partial charge in [-0.3, -0.25) is 0 Å². The molecule has 2 nitrogen and oxygen atoms in total. The number of para-hydroxylation sites is 1. The van der Waals surface area contributed by atoms with Crippen molar-refractivity contribution in [1.82, 2.24) is 4.98 Å². The Hall–Kier alpha value is -1.87. The van der Waals surface area contributed by atoms with Gasteiger partial charge in [-0.2, -0.15) is 0 Å². The van der Waals surface area contributed by atoms with E-state index in [1.165, 1.54) is 15.8 Å². The molecule has 2 aromatic carbocycles. The summed E-state index contributed by atoms with van der Waals surface area (Å²) >= 11 is 1.75. The molecule has 0 aliphatic heterocycles. The number of hydrogen-bond acceptors (Lipinski definition) is 3. The summed E-state index contributed by atoms with van der Waals surface area (Å²) in [5, 5.41) is 1.14. The van der Waals surface area contributed by atoms with E-state index in [0.717, 1.165) is 22.6 Å². The number of hydrogen-bond donors (Lipinski definition) is 1. The number of benzene rings is 2. The van der Waals surface area contributed by atoms with E-state index in [2.05, 4.69) is 36.2 Å². The van der Waals surface area contributed by atoms with Crippen LogP contribution in [-0.4, -0.2) is 4.98 Å².